The Morgan fingerprint density at radius 2 is 1.35 bits per heavy atom. The zero-order valence-corrected chi connectivity index (χ0v) is 12.1. The van der Waals surface area contributed by atoms with Gasteiger partial charge in [-0.1, -0.05) is 29.3 Å². The molecular formula is C17H19NO2. The van der Waals surface area contributed by atoms with Crippen LogP contribution in [0.15, 0.2) is 35.4 Å². The third-order valence-corrected chi connectivity index (χ3v) is 4.30. The summed E-state index contributed by atoms with van der Waals surface area (Å²) in [7, 11) is 0. The van der Waals surface area contributed by atoms with Crippen LogP contribution in [0, 0.1) is 6.92 Å². The van der Waals surface area contributed by atoms with Crippen molar-refractivity contribution >= 4 is 0 Å². The fraction of sp³-hybridized carbons (Fsp3) is 0.294. The number of allylic oxidation sites excluding steroid dienone is 2. The predicted molar refractivity (Wildman–Crippen MR) is 79.6 cm³/mol. The molecule has 0 amide bonds. The first-order valence-electron chi connectivity index (χ1n) is 6.86. The van der Waals surface area contributed by atoms with Gasteiger partial charge < -0.3 is 10.2 Å². The summed E-state index contributed by atoms with van der Waals surface area (Å²) in [6, 6.07) is 7.75. The highest BCUT2D eigenvalue weighted by atomic mass is 16.3. The van der Waals surface area contributed by atoms with E-state index in [9.17, 15) is 10.2 Å². The quantitative estimate of drug-likeness (QED) is 0.776. The fourth-order valence-electron chi connectivity index (χ4n) is 2.89. The van der Waals surface area contributed by atoms with Crippen molar-refractivity contribution in [2.24, 2.45) is 0 Å². The van der Waals surface area contributed by atoms with Crippen molar-refractivity contribution in [1.29, 1.82) is 0 Å². The molecule has 0 fully saturated rings. The Balaban J connectivity index is 2.22. The number of hydrogen-bond donors (Lipinski definition) is 2. The summed E-state index contributed by atoms with van der Waals surface area (Å²) < 4.78 is 1.56. The van der Waals surface area contributed by atoms with Crippen molar-refractivity contribution in [3.63, 3.8) is 0 Å². The Labute approximate surface area is 118 Å². The molecule has 3 heteroatoms. The van der Waals surface area contributed by atoms with Gasteiger partial charge in [0.15, 0.2) is 0 Å². The molecule has 20 heavy (non-hydrogen) atoms. The lowest BCUT2D eigenvalue weighted by molar-refractivity contribution is 0.399. The molecule has 3 rings (SSSR count). The third-order valence-electron chi connectivity index (χ3n) is 4.30. The summed E-state index contributed by atoms with van der Waals surface area (Å²) in [5, 5.41) is 21.0. The molecule has 3 nitrogen and oxygen atoms in total. The maximum absolute atomic E-state index is 10.5. The SMILES string of the molecule is CC1=C(C)Cc2c(c(O)n(-c3ccccc3C)c2O)C1. The predicted octanol–water partition coefficient (Wildman–Crippen LogP) is 3.63. The van der Waals surface area contributed by atoms with E-state index in [4.69, 9.17) is 0 Å². The maximum Gasteiger partial charge on any atom is 0.202 e. The van der Waals surface area contributed by atoms with E-state index in [1.54, 1.807) is 4.57 Å². The average Bonchev–Trinajstić information content (AvgIpc) is 2.64. The number of hydrogen-bond acceptors (Lipinski definition) is 2. The molecule has 0 atom stereocenters. The monoisotopic (exact) mass is 269 g/mol. The van der Waals surface area contributed by atoms with E-state index in [-0.39, 0.29) is 11.8 Å². The molecule has 0 radical (unpaired) electrons. The van der Waals surface area contributed by atoms with Crippen LogP contribution >= 0.6 is 0 Å². The maximum atomic E-state index is 10.5. The van der Waals surface area contributed by atoms with Crippen LogP contribution in [0.3, 0.4) is 0 Å². The lowest BCUT2D eigenvalue weighted by Crippen LogP contribution is -2.03. The summed E-state index contributed by atoms with van der Waals surface area (Å²) in [6.45, 7) is 6.14. The van der Waals surface area contributed by atoms with Gasteiger partial charge in [-0.15, -0.1) is 0 Å². The van der Waals surface area contributed by atoms with E-state index < -0.39 is 0 Å². The van der Waals surface area contributed by atoms with Gasteiger partial charge in [0.1, 0.15) is 0 Å². The van der Waals surface area contributed by atoms with Crippen LogP contribution in [0.4, 0.5) is 0 Å². The number of rotatable bonds is 1. The second kappa shape index (κ2) is 4.44. The van der Waals surface area contributed by atoms with Gasteiger partial charge in [-0.3, -0.25) is 4.57 Å². The van der Waals surface area contributed by atoms with Gasteiger partial charge in [0.25, 0.3) is 0 Å². The lowest BCUT2D eigenvalue weighted by atomic mass is 9.90. The van der Waals surface area contributed by atoms with Gasteiger partial charge in [0, 0.05) is 11.1 Å². The van der Waals surface area contributed by atoms with Crippen LogP contribution in [0.25, 0.3) is 5.69 Å². The highest BCUT2D eigenvalue weighted by Gasteiger charge is 2.27. The molecule has 0 saturated carbocycles. The summed E-state index contributed by atoms with van der Waals surface area (Å²) in [5.41, 5.74) is 6.10. The molecule has 2 N–H and O–H groups in total. The molecule has 0 aliphatic heterocycles. The Hall–Kier alpha value is -2.16. The molecule has 0 saturated heterocycles. The van der Waals surface area contributed by atoms with E-state index in [0.29, 0.717) is 12.8 Å². The van der Waals surface area contributed by atoms with E-state index in [1.807, 2.05) is 31.2 Å². The number of para-hydroxylation sites is 1. The molecule has 0 unspecified atom stereocenters. The Bertz CT molecular complexity index is 685. The normalized spacial score (nSPS) is 14.6. The first-order valence-corrected chi connectivity index (χ1v) is 6.86. The molecule has 1 heterocycles. The molecule has 2 aromatic rings. The number of aromatic nitrogens is 1. The second-order valence-corrected chi connectivity index (χ2v) is 5.64. The van der Waals surface area contributed by atoms with Crippen LogP contribution in [-0.4, -0.2) is 14.8 Å². The summed E-state index contributed by atoms with van der Waals surface area (Å²) in [5.74, 6) is 0.331. The van der Waals surface area contributed by atoms with Crippen molar-refractivity contribution in [2.75, 3.05) is 0 Å². The van der Waals surface area contributed by atoms with E-state index in [1.165, 1.54) is 11.1 Å². The number of aromatic hydroxyl groups is 2. The van der Waals surface area contributed by atoms with Gasteiger partial charge in [-0.25, -0.2) is 0 Å². The van der Waals surface area contributed by atoms with Gasteiger partial charge in [0.05, 0.1) is 5.69 Å². The molecule has 1 aromatic carbocycles. The second-order valence-electron chi connectivity index (χ2n) is 5.64. The molecular weight excluding hydrogens is 250 g/mol. The molecule has 0 spiro atoms. The standard InChI is InChI=1S/C17H19NO2/c1-10-6-4-5-7-15(10)18-16(19)13-8-11(2)12(3)9-14(13)17(18)20/h4-7,19-20H,8-9H2,1-3H3. The Morgan fingerprint density at radius 1 is 0.850 bits per heavy atom. The molecule has 104 valence electrons. The van der Waals surface area contributed by atoms with Crippen LogP contribution < -0.4 is 0 Å². The topological polar surface area (TPSA) is 45.4 Å². The van der Waals surface area contributed by atoms with Crippen molar-refractivity contribution in [3.8, 4) is 17.4 Å². The fourth-order valence-corrected chi connectivity index (χ4v) is 2.89. The molecule has 1 aromatic heterocycles. The smallest absolute Gasteiger partial charge is 0.202 e. The summed E-state index contributed by atoms with van der Waals surface area (Å²) >= 11 is 0. The van der Waals surface area contributed by atoms with Crippen molar-refractivity contribution in [2.45, 2.75) is 33.6 Å². The van der Waals surface area contributed by atoms with Crippen LogP contribution in [-0.2, 0) is 12.8 Å². The largest absolute Gasteiger partial charge is 0.494 e. The number of fused-ring (bicyclic) bond motifs is 1. The van der Waals surface area contributed by atoms with Crippen LogP contribution in [0.5, 0.6) is 11.8 Å². The van der Waals surface area contributed by atoms with Gasteiger partial charge in [-0.05, 0) is 45.2 Å². The van der Waals surface area contributed by atoms with E-state index in [0.717, 1.165) is 22.4 Å². The lowest BCUT2D eigenvalue weighted by Gasteiger charge is -2.15. The molecule has 0 bridgehead atoms. The Kier molecular flexibility index (Phi) is 2.85. The van der Waals surface area contributed by atoms with Crippen molar-refractivity contribution < 1.29 is 10.2 Å². The zero-order valence-electron chi connectivity index (χ0n) is 12.1. The highest BCUT2D eigenvalue weighted by molar-refractivity contribution is 5.58. The third kappa shape index (κ3) is 1.73. The minimum atomic E-state index is 0.165. The number of aryl methyl sites for hydroxylation is 1. The van der Waals surface area contributed by atoms with Gasteiger partial charge in [-0.2, -0.15) is 0 Å². The van der Waals surface area contributed by atoms with Crippen molar-refractivity contribution in [1.82, 2.24) is 4.57 Å². The van der Waals surface area contributed by atoms with Crippen LogP contribution in [0.2, 0.25) is 0 Å². The first kappa shape index (κ1) is 12.9. The van der Waals surface area contributed by atoms with E-state index >= 15 is 0 Å². The van der Waals surface area contributed by atoms with E-state index in [2.05, 4.69) is 13.8 Å². The van der Waals surface area contributed by atoms with Crippen molar-refractivity contribution in [3.05, 3.63) is 52.1 Å². The van der Waals surface area contributed by atoms with Gasteiger partial charge >= 0.3 is 0 Å². The zero-order chi connectivity index (χ0) is 14.4. The molecule has 1 aliphatic carbocycles. The number of nitrogens with zero attached hydrogens (tertiary/aromatic N) is 1. The first-order chi connectivity index (χ1) is 9.50. The number of benzene rings is 1. The minimum absolute atomic E-state index is 0.165. The highest BCUT2D eigenvalue weighted by Crippen LogP contribution is 2.42. The van der Waals surface area contributed by atoms with Crippen LogP contribution in [0.1, 0.15) is 30.5 Å². The summed E-state index contributed by atoms with van der Waals surface area (Å²) in [6.07, 6.45) is 1.42. The van der Waals surface area contributed by atoms with Gasteiger partial charge in [0.2, 0.25) is 11.8 Å². The Morgan fingerprint density at radius 3 is 1.85 bits per heavy atom. The minimum Gasteiger partial charge on any atom is -0.494 e. The molecule has 1 aliphatic rings. The average molecular weight is 269 g/mol. The summed E-state index contributed by atoms with van der Waals surface area (Å²) in [4.78, 5) is 0.